The summed E-state index contributed by atoms with van der Waals surface area (Å²) in [4.78, 5) is 28.1. The Morgan fingerprint density at radius 3 is 2.67 bits per heavy atom. The fraction of sp³-hybridized carbons (Fsp3) is 0.542. The number of benzene rings is 1. The quantitative estimate of drug-likeness (QED) is 0.763. The molecule has 3 heterocycles. The Bertz CT molecular complexity index is 871. The van der Waals surface area contributed by atoms with E-state index < -0.39 is 0 Å². The minimum atomic E-state index is 0.271. The van der Waals surface area contributed by atoms with E-state index in [1.807, 2.05) is 12.4 Å². The van der Waals surface area contributed by atoms with Crippen LogP contribution >= 0.6 is 0 Å². The fourth-order valence-electron chi connectivity index (χ4n) is 4.75. The van der Waals surface area contributed by atoms with Crippen LogP contribution in [0.4, 0.5) is 0 Å². The normalized spacial score (nSPS) is 21.3. The van der Waals surface area contributed by atoms with Crippen LogP contribution in [0.2, 0.25) is 0 Å². The first-order valence-electron chi connectivity index (χ1n) is 11.2. The number of carbonyl (C=O) groups excluding carboxylic acids is 1. The molecular formula is C24H33N5O. The highest BCUT2D eigenvalue weighted by Gasteiger charge is 2.30. The SMILES string of the molecule is CCC(C)N1CCN(C(=O)CN2CCc3cc(-c4cncnc4)ccc3C2)C[C@H]1C. The van der Waals surface area contributed by atoms with Gasteiger partial charge in [-0.25, -0.2) is 9.97 Å². The second-order valence-electron chi connectivity index (χ2n) is 8.76. The van der Waals surface area contributed by atoms with Crippen LogP contribution in [0.5, 0.6) is 0 Å². The lowest BCUT2D eigenvalue weighted by Gasteiger charge is -2.43. The lowest BCUT2D eigenvalue weighted by molar-refractivity contribution is -0.136. The Morgan fingerprint density at radius 1 is 1.13 bits per heavy atom. The number of rotatable bonds is 5. The third kappa shape index (κ3) is 4.55. The zero-order valence-corrected chi connectivity index (χ0v) is 18.4. The average molecular weight is 408 g/mol. The molecule has 1 fully saturated rings. The van der Waals surface area contributed by atoms with E-state index in [2.05, 4.69) is 63.6 Å². The molecule has 1 aromatic carbocycles. The molecule has 2 aromatic rings. The zero-order valence-electron chi connectivity index (χ0n) is 18.4. The Kier molecular flexibility index (Phi) is 6.44. The molecule has 2 atom stereocenters. The molecule has 0 spiro atoms. The summed E-state index contributed by atoms with van der Waals surface area (Å²) in [5, 5.41) is 0. The van der Waals surface area contributed by atoms with Crippen molar-refractivity contribution in [1.29, 1.82) is 0 Å². The van der Waals surface area contributed by atoms with Gasteiger partial charge in [-0.15, -0.1) is 0 Å². The maximum atomic E-state index is 13.0. The van der Waals surface area contributed by atoms with Crippen molar-refractivity contribution in [3.63, 3.8) is 0 Å². The molecule has 1 unspecified atom stereocenters. The highest BCUT2D eigenvalue weighted by molar-refractivity contribution is 5.78. The molecule has 0 saturated carbocycles. The molecule has 0 bridgehead atoms. The molecule has 6 nitrogen and oxygen atoms in total. The number of hydrogen-bond donors (Lipinski definition) is 0. The van der Waals surface area contributed by atoms with E-state index in [0.29, 0.717) is 18.6 Å². The van der Waals surface area contributed by atoms with Gasteiger partial charge in [0.25, 0.3) is 0 Å². The molecule has 1 amide bonds. The summed E-state index contributed by atoms with van der Waals surface area (Å²) in [6.07, 6.45) is 7.39. The molecule has 1 saturated heterocycles. The number of hydrogen-bond acceptors (Lipinski definition) is 5. The highest BCUT2D eigenvalue weighted by Crippen LogP contribution is 2.26. The van der Waals surface area contributed by atoms with Crippen LogP contribution < -0.4 is 0 Å². The summed E-state index contributed by atoms with van der Waals surface area (Å²) < 4.78 is 0. The molecule has 2 aliphatic heterocycles. The third-order valence-electron chi connectivity index (χ3n) is 6.74. The van der Waals surface area contributed by atoms with E-state index in [1.54, 1.807) is 6.33 Å². The summed E-state index contributed by atoms with van der Waals surface area (Å²) in [6, 6.07) is 7.60. The summed E-state index contributed by atoms with van der Waals surface area (Å²) in [5.41, 5.74) is 4.90. The van der Waals surface area contributed by atoms with Gasteiger partial charge in [0.15, 0.2) is 0 Å². The summed E-state index contributed by atoms with van der Waals surface area (Å²) >= 11 is 0. The number of carbonyl (C=O) groups is 1. The van der Waals surface area contributed by atoms with Gasteiger partial charge in [-0.2, -0.15) is 0 Å². The first-order chi connectivity index (χ1) is 14.5. The van der Waals surface area contributed by atoms with Crippen LogP contribution in [-0.4, -0.2) is 75.4 Å². The van der Waals surface area contributed by atoms with Gasteiger partial charge in [0.2, 0.25) is 5.91 Å². The lowest BCUT2D eigenvalue weighted by atomic mass is 9.95. The Morgan fingerprint density at radius 2 is 1.93 bits per heavy atom. The van der Waals surface area contributed by atoms with Crippen LogP contribution in [-0.2, 0) is 17.8 Å². The Balaban J connectivity index is 1.35. The minimum absolute atomic E-state index is 0.271. The summed E-state index contributed by atoms with van der Waals surface area (Å²) in [6.45, 7) is 11.7. The van der Waals surface area contributed by atoms with Crippen molar-refractivity contribution in [3.8, 4) is 11.1 Å². The number of nitrogens with zero attached hydrogens (tertiary/aromatic N) is 5. The molecule has 2 aliphatic rings. The number of fused-ring (bicyclic) bond motifs is 1. The maximum absolute atomic E-state index is 13.0. The van der Waals surface area contributed by atoms with E-state index in [4.69, 9.17) is 0 Å². The van der Waals surface area contributed by atoms with Crippen LogP contribution in [0, 0.1) is 0 Å². The van der Waals surface area contributed by atoms with E-state index >= 15 is 0 Å². The van der Waals surface area contributed by atoms with Gasteiger partial charge in [0, 0.05) is 62.8 Å². The number of amides is 1. The fourth-order valence-corrected chi connectivity index (χ4v) is 4.75. The molecule has 6 heteroatoms. The summed E-state index contributed by atoms with van der Waals surface area (Å²) in [7, 11) is 0. The van der Waals surface area contributed by atoms with Crippen LogP contribution in [0.15, 0.2) is 36.9 Å². The average Bonchev–Trinajstić information content (AvgIpc) is 2.78. The van der Waals surface area contributed by atoms with Crippen LogP contribution in [0.1, 0.15) is 38.3 Å². The van der Waals surface area contributed by atoms with Gasteiger partial charge < -0.3 is 4.90 Å². The van der Waals surface area contributed by atoms with Crippen molar-refractivity contribution in [2.75, 3.05) is 32.7 Å². The van der Waals surface area contributed by atoms with Crippen molar-refractivity contribution < 1.29 is 4.79 Å². The van der Waals surface area contributed by atoms with Crippen molar-refractivity contribution >= 4 is 5.91 Å². The van der Waals surface area contributed by atoms with Crippen LogP contribution in [0.3, 0.4) is 0 Å². The first-order valence-corrected chi connectivity index (χ1v) is 11.2. The van der Waals surface area contributed by atoms with Gasteiger partial charge in [-0.1, -0.05) is 25.1 Å². The zero-order chi connectivity index (χ0) is 21.1. The predicted octanol–water partition coefficient (Wildman–Crippen LogP) is 2.83. The largest absolute Gasteiger partial charge is 0.339 e. The van der Waals surface area contributed by atoms with Crippen molar-refractivity contribution in [2.45, 2.75) is 52.2 Å². The third-order valence-corrected chi connectivity index (χ3v) is 6.74. The topological polar surface area (TPSA) is 52.6 Å². The second kappa shape index (κ2) is 9.23. The second-order valence-corrected chi connectivity index (χ2v) is 8.76. The molecule has 1 aromatic heterocycles. The van der Waals surface area contributed by atoms with Crippen LogP contribution in [0.25, 0.3) is 11.1 Å². The van der Waals surface area contributed by atoms with E-state index in [9.17, 15) is 4.79 Å². The van der Waals surface area contributed by atoms with E-state index in [-0.39, 0.29) is 5.91 Å². The van der Waals surface area contributed by atoms with E-state index in [1.165, 1.54) is 11.1 Å². The molecule has 0 N–H and O–H groups in total. The number of aromatic nitrogens is 2. The molecule has 0 aliphatic carbocycles. The monoisotopic (exact) mass is 407 g/mol. The first kappa shape index (κ1) is 20.9. The van der Waals surface area contributed by atoms with Gasteiger partial charge in [-0.05, 0) is 43.4 Å². The van der Waals surface area contributed by atoms with Gasteiger partial charge in [0.05, 0.1) is 6.54 Å². The highest BCUT2D eigenvalue weighted by atomic mass is 16.2. The van der Waals surface area contributed by atoms with E-state index in [0.717, 1.165) is 56.7 Å². The van der Waals surface area contributed by atoms with Gasteiger partial charge in [-0.3, -0.25) is 14.6 Å². The standard InChI is InChI=1S/C24H33N5O/c1-4-18(2)29-10-9-28(14-19(29)3)24(30)16-27-8-7-21-11-20(5-6-22(21)15-27)23-12-25-17-26-13-23/h5-6,11-13,17-19H,4,7-10,14-16H2,1-3H3/t18?,19-/m1/s1. The lowest BCUT2D eigenvalue weighted by Crippen LogP contribution is -2.57. The summed E-state index contributed by atoms with van der Waals surface area (Å²) in [5.74, 6) is 0.271. The molecule has 160 valence electrons. The molecular weight excluding hydrogens is 374 g/mol. The van der Waals surface area contributed by atoms with Crippen molar-refractivity contribution in [2.24, 2.45) is 0 Å². The predicted molar refractivity (Wildman–Crippen MR) is 119 cm³/mol. The molecule has 0 radical (unpaired) electrons. The molecule has 30 heavy (non-hydrogen) atoms. The number of piperazine rings is 1. The Labute approximate surface area is 179 Å². The maximum Gasteiger partial charge on any atom is 0.236 e. The van der Waals surface area contributed by atoms with Gasteiger partial charge >= 0.3 is 0 Å². The Hall–Kier alpha value is -2.31. The smallest absolute Gasteiger partial charge is 0.236 e. The van der Waals surface area contributed by atoms with Crippen molar-refractivity contribution in [1.82, 2.24) is 24.7 Å². The minimum Gasteiger partial charge on any atom is -0.339 e. The van der Waals surface area contributed by atoms with Crippen molar-refractivity contribution in [3.05, 3.63) is 48.0 Å². The van der Waals surface area contributed by atoms with Gasteiger partial charge in [0.1, 0.15) is 6.33 Å². The molecule has 4 rings (SSSR count).